The maximum atomic E-state index is 12.1. The van der Waals surface area contributed by atoms with Crippen LogP contribution in [-0.4, -0.2) is 36.5 Å². The van der Waals surface area contributed by atoms with E-state index in [9.17, 15) is 4.79 Å². The molecule has 0 aromatic rings. The SMILES string of the molecule is CCCCCC(=O)N1CC2CNCC2C1C. The molecule has 0 radical (unpaired) electrons. The van der Waals surface area contributed by atoms with Gasteiger partial charge >= 0.3 is 0 Å². The largest absolute Gasteiger partial charge is 0.339 e. The highest BCUT2D eigenvalue weighted by molar-refractivity contribution is 5.76. The average Bonchev–Trinajstić information content (AvgIpc) is 2.82. The van der Waals surface area contributed by atoms with Gasteiger partial charge in [0.05, 0.1) is 0 Å². The molecule has 0 aliphatic carbocycles. The molecule has 0 spiro atoms. The minimum absolute atomic E-state index is 0.385. The number of rotatable bonds is 4. The van der Waals surface area contributed by atoms with Crippen LogP contribution in [0.1, 0.15) is 39.5 Å². The molecule has 3 nitrogen and oxygen atoms in total. The Kier molecular flexibility index (Phi) is 3.85. The summed E-state index contributed by atoms with van der Waals surface area (Å²) < 4.78 is 0. The molecule has 2 rings (SSSR count). The summed E-state index contributed by atoms with van der Waals surface area (Å²) in [5.41, 5.74) is 0. The van der Waals surface area contributed by atoms with Gasteiger partial charge in [0.1, 0.15) is 0 Å². The molecule has 0 aromatic carbocycles. The van der Waals surface area contributed by atoms with Crippen molar-refractivity contribution in [1.29, 1.82) is 0 Å². The number of amides is 1. The van der Waals surface area contributed by atoms with Gasteiger partial charge in [0.25, 0.3) is 0 Å². The summed E-state index contributed by atoms with van der Waals surface area (Å²) in [6, 6.07) is 0.453. The first-order valence-electron chi connectivity index (χ1n) is 6.74. The number of hydrogen-bond acceptors (Lipinski definition) is 2. The Labute approximate surface area is 98.6 Å². The fourth-order valence-corrected chi connectivity index (χ4v) is 3.17. The summed E-state index contributed by atoms with van der Waals surface area (Å²) in [5, 5.41) is 3.43. The van der Waals surface area contributed by atoms with Gasteiger partial charge in [0.2, 0.25) is 5.91 Å². The number of likely N-dealkylation sites (tertiary alicyclic amines) is 1. The van der Waals surface area contributed by atoms with Gasteiger partial charge in [-0.15, -0.1) is 0 Å². The molecule has 2 saturated heterocycles. The minimum Gasteiger partial charge on any atom is -0.339 e. The Morgan fingerprint density at radius 2 is 2.19 bits per heavy atom. The van der Waals surface area contributed by atoms with E-state index in [0.717, 1.165) is 32.5 Å². The smallest absolute Gasteiger partial charge is 0.222 e. The Morgan fingerprint density at radius 1 is 1.38 bits per heavy atom. The van der Waals surface area contributed by atoms with Gasteiger partial charge in [-0.3, -0.25) is 4.79 Å². The van der Waals surface area contributed by atoms with Gasteiger partial charge in [-0.1, -0.05) is 19.8 Å². The number of fused-ring (bicyclic) bond motifs is 1. The van der Waals surface area contributed by atoms with E-state index in [1.54, 1.807) is 0 Å². The topological polar surface area (TPSA) is 32.3 Å². The van der Waals surface area contributed by atoms with Crippen molar-refractivity contribution < 1.29 is 4.79 Å². The Hall–Kier alpha value is -0.570. The van der Waals surface area contributed by atoms with Crippen molar-refractivity contribution in [3.05, 3.63) is 0 Å². The van der Waals surface area contributed by atoms with Gasteiger partial charge in [-0.05, 0) is 25.2 Å². The van der Waals surface area contributed by atoms with Gasteiger partial charge in [-0.2, -0.15) is 0 Å². The van der Waals surface area contributed by atoms with E-state index in [1.165, 1.54) is 12.8 Å². The zero-order valence-corrected chi connectivity index (χ0v) is 10.5. The molecule has 2 fully saturated rings. The third-order valence-electron chi connectivity index (χ3n) is 4.25. The molecule has 16 heavy (non-hydrogen) atoms. The molecule has 0 bridgehead atoms. The Bertz CT molecular complexity index is 254. The van der Waals surface area contributed by atoms with Crippen molar-refractivity contribution in [2.45, 2.75) is 45.6 Å². The van der Waals surface area contributed by atoms with Crippen LogP contribution in [0.15, 0.2) is 0 Å². The lowest BCUT2D eigenvalue weighted by molar-refractivity contribution is -0.132. The van der Waals surface area contributed by atoms with E-state index in [4.69, 9.17) is 0 Å². The predicted octanol–water partition coefficient (Wildman–Crippen LogP) is 1.63. The zero-order chi connectivity index (χ0) is 11.5. The second kappa shape index (κ2) is 5.17. The number of unbranched alkanes of at least 4 members (excludes halogenated alkanes) is 2. The number of carbonyl (C=O) groups is 1. The van der Waals surface area contributed by atoms with Gasteiger partial charge in [0.15, 0.2) is 0 Å². The third kappa shape index (κ3) is 2.24. The lowest BCUT2D eigenvalue weighted by atomic mass is 9.95. The number of nitrogens with one attached hydrogen (secondary N) is 1. The van der Waals surface area contributed by atoms with Gasteiger partial charge in [0, 0.05) is 32.1 Å². The maximum absolute atomic E-state index is 12.1. The lowest BCUT2D eigenvalue weighted by Crippen LogP contribution is -2.37. The minimum atomic E-state index is 0.385. The molecule has 3 atom stereocenters. The Balaban J connectivity index is 1.83. The van der Waals surface area contributed by atoms with Crippen LogP contribution in [0.2, 0.25) is 0 Å². The predicted molar refractivity (Wildman–Crippen MR) is 65.2 cm³/mol. The highest BCUT2D eigenvalue weighted by Gasteiger charge is 2.43. The first-order chi connectivity index (χ1) is 7.74. The maximum Gasteiger partial charge on any atom is 0.222 e. The summed E-state index contributed by atoms with van der Waals surface area (Å²) in [4.78, 5) is 14.2. The molecule has 2 aliphatic heterocycles. The molecular weight excluding hydrogens is 200 g/mol. The summed E-state index contributed by atoms with van der Waals surface area (Å²) in [7, 11) is 0. The molecule has 3 heteroatoms. The van der Waals surface area contributed by atoms with E-state index in [2.05, 4.69) is 24.1 Å². The summed E-state index contributed by atoms with van der Waals surface area (Å²) in [5.74, 6) is 1.80. The van der Waals surface area contributed by atoms with E-state index in [1.807, 2.05) is 0 Å². The van der Waals surface area contributed by atoms with Crippen LogP contribution in [0.25, 0.3) is 0 Å². The van der Waals surface area contributed by atoms with Crippen molar-refractivity contribution in [3.63, 3.8) is 0 Å². The van der Waals surface area contributed by atoms with Crippen molar-refractivity contribution >= 4 is 5.91 Å². The van der Waals surface area contributed by atoms with E-state index in [-0.39, 0.29) is 0 Å². The monoisotopic (exact) mass is 224 g/mol. The molecule has 92 valence electrons. The fourth-order valence-electron chi connectivity index (χ4n) is 3.17. The molecule has 2 aliphatic rings. The third-order valence-corrected chi connectivity index (χ3v) is 4.25. The molecule has 0 saturated carbocycles. The van der Waals surface area contributed by atoms with Gasteiger partial charge < -0.3 is 10.2 Å². The van der Waals surface area contributed by atoms with E-state index in [0.29, 0.717) is 23.8 Å². The summed E-state index contributed by atoms with van der Waals surface area (Å²) in [6.45, 7) is 7.59. The van der Waals surface area contributed by atoms with Crippen molar-refractivity contribution in [1.82, 2.24) is 10.2 Å². The van der Waals surface area contributed by atoms with Crippen LogP contribution in [0, 0.1) is 11.8 Å². The molecule has 0 aromatic heterocycles. The average molecular weight is 224 g/mol. The number of carbonyl (C=O) groups excluding carboxylic acids is 1. The fraction of sp³-hybridized carbons (Fsp3) is 0.923. The molecule has 1 N–H and O–H groups in total. The zero-order valence-electron chi connectivity index (χ0n) is 10.5. The van der Waals surface area contributed by atoms with Crippen molar-refractivity contribution in [3.8, 4) is 0 Å². The molecule has 1 amide bonds. The van der Waals surface area contributed by atoms with Crippen LogP contribution in [0.4, 0.5) is 0 Å². The standard InChI is InChI=1S/C13H24N2O/c1-3-4-5-6-13(16)15-9-11-7-14-8-12(11)10(15)2/h10-12,14H,3-9H2,1-2H3. The molecular formula is C13H24N2O. The van der Waals surface area contributed by atoms with Crippen LogP contribution in [0.5, 0.6) is 0 Å². The molecule has 3 unspecified atom stereocenters. The Morgan fingerprint density at radius 3 is 2.88 bits per heavy atom. The van der Waals surface area contributed by atoms with E-state index < -0.39 is 0 Å². The van der Waals surface area contributed by atoms with Gasteiger partial charge in [-0.25, -0.2) is 0 Å². The highest BCUT2D eigenvalue weighted by atomic mass is 16.2. The van der Waals surface area contributed by atoms with Crippen LogP contribution >= 0.6 is 0 Å². The summed E-state index contributed by atoms with van der Waals surface area (Å²) in [6.07, 6.45) is 4.19. The quantitative estimate of drug-likeness (QED) is 0.736. The normalized spacial score (nSPS) is 33.1. The van der Waals surface area contributed by atoms with Crippen LogP contribution < -0.4 is 5.32 Å². The van der Waals surface area contributed by atoms with Crippen LogP contribution in [0.3, 0.4) is 0 Å². The van der Waals surface area contributed by atoms with Crippen molar-refractivity contribution in [2.24, 2.45) is 11.8 Å². The first-order valence-corrected chi connectivity index (χ1v) is 6.74. The van der Waals surface area contributed by atoms with E-state index >= 15 is 0 Å². The lowest BCUT2D eigenvalue weighted by Gasteiger charge is -2.24. The second-order valence-corrected chi connectivity index (χ2v) is 5.33. The molecule has 2 heterocycles. The first kappa shape index (κ1) is 11.9. The highest BCUT2D eigenvalue weighted by Crippen LogP contribution is 2.32. The number of nitrogens with zero attached hydrogens (tertiary/aromatic N) is 1. The van der Waals surface area contributed by atoms with Crippen LogP contribution in [-0.2, 0) is 4.79 Å². The number of hydrogen-bond donors (Lipinski definition) is 1. The second-order valence-electron chi connectivity index (χ2n) is 5.33. The summed E-state index contributed by atoms with van der Waals surface area (Å²) >= 11 is 0. The van der Waals surface area contributed by atoms with Crippen molar-refractivity contribution in [2.75, 3.05) is 19.6 Å².